The number of hydrogen-bond donors (Lipinski definition) is 1. The molecule has 2 saturated heterocycles. The lowest BCUT2D eigenvalue weighted by molar-refractivity contribution is 0.0466. The van der Waals surface area contributed by atoms with E-state index in [9.17, 15) is 0 Å². The topological polar surface area (TPSA) is 15.3 Å². The van der Waals surface area contributed by atoms with Crippen molar-refractivity contribution in [1.82, 2.24) is 10.2 Å². The quantitative estimate of drug-likeness (QED) is 0.778. The molecule has 1 saturated carbocycles. The molecule has 5 aliphatic rings. The first kappa shape index (κ1) is 15.4. The molecule has 0 aromatic rings. The standard InChI is InChI=1S/C22H32N2/c1-2-5-21-20(4-1)22(8-3-11-23-21)9-12-24(13-10-22)16-19-15-17-6-7-18(19)14-17/h1-2,4-7,17-21,23H,3,8-16H2. The van der Waals surface area contributed by atoms with Gasteiger partial charge in [0.2, 0.25) is 0 Å². The summed E-state index contributed by atoms with van der Waals surface area (Å²) in [6, 6.07) is 0.583. The van der Waals surface area contributed by atoms with Crippen LogP contribution in [0, 0.1) is 29.1 Å². The maximum Gasteiger partial charge on any atom is 0.0321 e. The molecule has 2 heterocycles. The highest BCUT2D eigenvalue weighted by Crippen LogP contribution is 2.48. The van der Waals surface area contributed by atoms with Gasteiger partial charge in [0.15, 0.2) is 0 Å². The summed E-state index contributed by atoms with van der Waals surface area (Å²) in [5.74, 6) is 3.50. The van der Waals surface area contributed by atoms with E-state index in [1.165, 1.54) is 64.7 Å². The summed E-state index contributed by atoms with van der Waals surface area (Å²) in [5, 5.41) is 3.78. The minimum atomic E-state index is 0.556. The van der Waals surface area contributed by atoms with Gasteiger partial charge < -0.3 is 10.2 Å². The molecule has 3 fully saturated rings. The predicted molar refractivity (Wildman–Crippen MR) is 99.7 cm³/mol. The molecule has 2 nitrogen and oxygen atoms in total. The summed E-state index contributed by atoms with van der Waals surface area (Å²) >= 11 is 0. The van der Waals surface area contributed by atoms with Crippen LogP contribution < -0.4 is 5.32 Å². The summed E-state index contributed by atoms with van der Waals surface area (Å²) < 4.78 is 0. The molecule has 1 spiro atoms. The van der Waals surface area contributed by atoms with Crippen molar-refractivity contribution >= 4 is 0 Å². The van der Waals surface area contributed by atoms with Gasteiger partial charge in [-0.15, -0.1) is 0 Å². The lowest BCUT2D eigenvalue weighted by Gasteiger charge is -2.48. The molecule has 3 aliphatic carbocycles. The van der Waals surface area contributed by atoms with Gasteiger partial charge in [-0.05, 0) is 81.3 Å². The van der Waals surface area contributed by atoms with Crippen LogP contribution in [0.4, 0.5) is 0 Å². The van der Waals surface area contributed by atoms with Gasteiger partial charge >= 0.3 is 0 Å². The summed E-state index contributed by atoms with van der Waals surface area (Å²) in [6.45, 7) is 5.22. The molecular weight excluding hydrogens is 292 g/mol. The summed E-state index contributed by atoms with van der Waals surface area (Å²) in [5.41, 5.74) is 0.556. The van der Waals surface area contributed by atoms with Gasteiger partial charge in [-0.1, -0.05) is 36.5 Å². The predicted octanol–water partition coefficient (Wildman–Crippen LogP) is 3.78. The fraction of sp³-hybridized carbons (Fsp3) is 0.727. The van der Waals surface area contributed by atoms with Crippen LogP contribution in [-0.2, 0) is 0 Å². The summed E-state index contributed by atoms with van der Waals surface area (Å²) in [4.78, 5) is 2.81. The fourth-order valence-electron chi connectivity index (χ4n) is 6.46. The second kappa shape index (κ2) is 6.14. The van der Waals surface area contributed by atoms with Crippen LogP contribution in [0.25, 0.3) is 0 Å². The maximum atomic E-state index is 3.78. The number of allylic oxidation sites excluding steroid dienone is 4. The lowest BCUT2D eigenvalue weighted by Crippen LogP contribution is -2.49. The zero-order valence-electron chi connectivity index (χ0n) is 14.9. The molecule has 130 valence electrons. The number of piperidine rings is 1. The molecule has 2 bridgehead atoms. The molecule has 2 aliphatic heterocycles. The van der Waals surface area contributed by atoms with Crippen molar-refractivity contribution < 1.29 is 0 Å². The van der Waals surface area contributed by atoms with E-state index in [4.69, 9.17) is 0 Å². The normalized spacial score (nSPS) is 43.2. The minimum Gasteiger partial charge on any atom is -0.310 e. The first-order valence-electron chi connectivity index (χ1n) is 10.3. The Bertz CT molecular complexity index is 552. The molecule has 0 aromatic carbocycles. The van der Waals surface area contributed by atoms with Gasteiger partial charge in [-0.2, -0.15) is 0 Å². The number of fused-ring (bicyclic) bond motifs is 4. The van der Waals surface area contributed by atoms with Crippen molar-refractivity contribution in [3.8, 4) is 0 Å². The molecule has 5 rings (SSSR count). The van der Waals surface area contributed by atoms with E-state index in [0.717, 1.165) is 23.7 Å². The molecule has 0 amide bonds. The van der Waals surface area contributed by atoms with E-state index >= 15 is 0 Å². The molecule has 0 radical (unpaired) electrons. The highest BCUT2D eigenvalue weighted by Gasteiger charge is 2.45. The Kier molecular flexibility index (Phi) is 3.94. The third-order valence-electron chi connectivity index (χ3n) is 7.83. The van der Waals surface area contributed by atoms with Gasteiger partial charge in [-0.3, -0.25) is 0 Å². The van der Waals surface area contributed by atoms with Crippen molar-refractivity contribution in [3.05, 3.63) is 36.5 Å². The zero-order chi connectivity index (χ0) is 16.0. The van der Waals surface area contributed by atoms with E-state index < -0.39 is 0 Å². The Morgan fingerprint density at radius 1 is 0.958 bits per heavy atom. The maximum absolute atomic E-state index is 3.78. The summed E-state index contributed by atoms with van der Waals surface area (Å²) in [7, 11) is 0. The SMILES string of the molecule is C1=CC2NCCCC3(CCN(CC4CC5C=CC4C5)CC3)C2C=C1. The fourth-order valence-corrected chi connectivity index (χ4v) is 6.46. The van der Waals surface area contributed by atoms with Gasteiger partial charge in [-0.25, -0.2) is 0 Å². The van der Waals surface area contributed by atoms with Crippen molar-refractivity contribution in [3.63, 3.8) is 0 Å². The number of nitrogens with zero attached hydrogens (tertiary/aromatic N) is 1. The monoisotopic (exact) mass is 324 g/mol. The van der Waals surface area contributed by atoms with Crippen LogP contribution in [-0.4, -0.2) is 37.1 Å². The average Bonchev–Trinajstić information content (AvgIpc) is 3.19. The van der Waals surface area contributed by atoms with E-state index in [-0.39, 0.29) is 0 Å². The van der Waals surface area contributed by atoms with Gasteiger partial charge in [0.25, 0.3) is 0 Å². The largest absolute Gasteiger partial charge is 0.310 e. The Balaban J connectivity index is 1.24. The third-order valence-corrected chi connectivity index (χ3v) is 7.83. The molecule has 2 heteroatoms. The van der Waals surface area contributed by atoms with E-state index in [2.05, 4.69) is 46.7 Å². The van der Waals surface area contributed by atoms with Crippen LogP contribution >= 0.6 is 0 Å². The second-order valence-corrected chi connectivity index (χ2v) is 9.08. The van der Waals surface area contributed by atoms with Crippen molar-refractivity contribution in [2.24, 2.45) is 29.1 Å². The summed E-state index contributed by atoms with van der Waals surface area (Å²) in [6.07, 6.45) is 23.0. The zero-order valence-corrected chi connectivity index (χ0v) is 14.9. The van der Waals surface area contributed by atoms with E-state index in [1.54, 1.807) is 0 Å². The smallest absolute Gasteiger partial charge is 0.0321 e. The van der Waals surface area contributed by atoms with Crippen LogP contribution in [0.2, 0.25) is 0 Å². The van der Waals surface area contributed by atoms with Crippen molar-refractivity contribution in [1.29, 1.82) is 0 Å². The molecule has 1 N–H and O–H groups in total. The van der Waals surface area contributed by atoms with Gasteiger partial charge in [0, 0.05) is 18.5 Å². The Hall–Kier alpha value is -0.860. The first-order chi connectivity index (χ1) is 11.8. The van der Waals surface area contributed by atoms with Crippen LogP contribution in [0.15, 0.2) is 36.5 Å². The van der Waals surface area contributed by atoms with Crippen molar-refractivity contribution in [2.45, 2.75) is 44.6 Å². The van der Waals surface area contributed by atoms with Gasteiger partial charge in [0.1, 0.15) is 0 Å². The molecule has 5 atom stereocenters. The first-order valence-corrected chi connectivity index (χ1v) is 10.3. The second-order valence-electron chi connectivity index (χ2n) is 9.08. The van der Waals surface area contributed by atoms with Crippen molar-refractivity contribution in [2.75, 3.05) is 26.2 Å². The number of likely N-dealkylation sites (tertiary alicyclic amines) is 1. The Morgan fingerprint density at radius 2 is 1.83 bits per heavy atom. The highest BCUT2D eigenvalue weighted by atomic mass is 15.1. The van der Waals surface area contributed by atoms with Crippen LogP contribution in [0.3, 0.4) is 0 Å². The Labute approximate surface area is 147 Å². The van der Waals surface area contributed by atoms with Crippen LogP contribution in [0.1, 0.15) is 38.5 Å². The van der Waals surface area contributed by atoms with E-state index in [0.29, 0.717) is 11.5 Å². The lowest BCUT2D eigenvalue weighted by atomic mass is 9.63. The molecule has 5 unspecified atom stereocenters. The number of hydrogen-bond acceptors (Lipinski definition) is 2. The molecule has 0 aromatic heterocycles. The third kappa shape index (κ3) is 2.63. The number of rotatable bonds is 2. The average molecular weight is 325 g/mol. The highest BCUT2D eigenvalue weighted by molar-refractivity contribution is 5.21. The molecule has 24 heavy (non-hydrogen) atoms. The Morgan fingerprint density at radius 3 is 2.62 bits per heavy atom. The van der Waals surface area contributed by atoms with Gasteiger partial charge in [0.05, 0.1) is 0 Å². The minimum absolute atomic E-state index is 0.556. The van der Waals surface area contributed by atoms with E-state index in [1.807, 2.05) is 0 Å². The molecular formula is C22H32N2. The van der Waals surface area contributed by atoms with Crippen LogP contribution in [0.5, 0.6) is 0 Å². The number of nitrogens with one attached hydrogen (secondary N) is 1.